The summed E-state index contributed by atoms with van der Waals surface area (Å²) in [5.41, 5.74) is 8.53. The van der Waals surface area contributed by atoms with Crippen LogP contribution in [-0.4, -0.2) is 49.4 Å². The first-order chi connectivity index (χ1) is 13.3. The second-order valence-electron chi connectivity index (χ2n) is 6.41. The number of para-hydroxylation sites is 1. The van der Waals surface area contributed by atoms with Crippen LogP contribution in [0.15, 0.2) is 35.6 Å². The van der Waals surface area contributed by atoms with Gasteiger partial charge in [-0.15, -0.1) is 0 Å². The zero-order valence-electron chi connectivity index (χ0n) is 15.1. The van der Waals surface area contributed by atoms with Crippen LogP contribution in [0.4, 0.5) is 0 Å². The first kappa shape index (κ1) is 20.2. The number of rotatable bonds is 5. The lowest BCUT2D eigenvalue weighted by molar-refractivity contribution is -0.124. The van der Waals surface area contributed by atoms with Gasteiger partial charge in [-0.25, -0.2) is 0 Å². The Kier molecular flexibility index (Phi) is 5.66. The van der Waals surface area contributed by atoms with Gasteiger partial charge in [-0.2, -0.15) is 4.98 Å². The van der Waals surface area contributed by atoms with Crippen molar-refractivity contribution < 1.29 is 24.8 Å². The van der Waals surface area contributed by atoms with E-state index in [-0.39, 0.29) is 10.7 Å². The first-order valence-corrected chi connectivity index (χ1v) is 8.78. The number of benzene rings is 1. The Morgan fingerprint density at radius 1 is 1.36 bits per heavy atom. The number of azide groups is 1. The van der Waals surface area contributed by atoms with Gasteiger partial charge in [-0.1, -0.05) is 23.3 Å². The van der Waals surface area contributed by atoms with E-state index in [0.29, 0.717) is 5.75 Å². The Labute approximate surface area is 165 Å². The van der Waals surface area contributed by atoms with Gasteiger partial charge < -0.3 is 24.8 Å². The Balaban J connectivity index is 1.91. The van der Waals surface area contributed by atoms with Crippen LogP contribution in [0.25, 0.3) is 10.4 Å². The van der Waals surface area contributed by atoms with Crippen molar-refractivity contribution >= 4 is 12.2 Å². The highest BCUT2D eigenvalue weighted by molar-refractivity contribution is 7.71. The van der Waals surface area contributed by atoms with E-state index >= 15 is 0 Å². The molecule has 3 rings (SSSR count). The van der Waals surface area contributed by atoms with Crippen molar-refractivity contribution in [3.63, 3.8) is 0 Å². The fourth-order valence-corrected chi connectivity index (χ4v) is 3.28. The van der Waals surface area contributed by atoms with E-state index < -0.39 is 30.8 Å². The van der Waals surface area contributed by atoms with Crippen LogP contribution in [0, 0.1) is 18.6 Å². The highest BCUT2D eigenvalue weighted by atomic mass is 32.1. The van der Waals surface area contributed by atoms with Gasteiger partial charge in [0.2, 0.25) is 16.4 Å². The van der Waals surface area contributed by atoms with Gasteiger partial charge in [0.25, 0.3) is 0 Å². The van der Waals surface area contributed by atoms with Crippen molar-refractivity contribution in [1.82, 2.24) is 9.55 Å². The minimum atomic E-state index is -2.01. The lowest BCUT2D eigenvalue weighted by Gasteiger charge is -2.23. The highest BCUT2D eigenvalue weighted by Crippen LogP contribution is 2.38. The molecule has 3 N–H and O–H groups in total. The van der Waals surface area contributed by atoms with Crippen molar-refractivity contribution in [2.75, 3.05) is 6.61 Å². The maximum Gasteiger partial charge on any atom is 0.223 e. The van der Waals surface area contributed by atoms with Crippen molar-refractivity contribution in [3.8, 4) is 11.6 Å². The predicted molar refractivity (Wildman–Crippen MR) is 100 cm³/mol. The molecule has 4 atom stereocenters. The fraction of sp³-hybridized carbons (Fsp3) is 0.412. The highest BCUT2D eigenvalue weighted by Gasteiger charge is 2.54. The van der Waals surface area contributed by atoms with E-state index in [2.05, 4.69) is 15.0 Å². The molecule has 1 aliphatic heterocycles. The average Bonchev–Trinajstić information content (AvgIpc) is 2.91. The summed E-state index contributed by atoms with van der Waals surface area (Å²) >= 11 is 5.26. The standard InChI is InChI=1S/C17H19N5O5S/c1-9-4-3-5-10(2)13(9)26-11-6-7-22(16(28)19-11)15-12(24)14(25)17(8-23,27-15)20-21-18/h3-7,12,14-15,23-25H,8H2,1-2H3/t12-,14?,15+,17+/m0/s1. The second kappa shape index (κ2) is 7.84. The third-order valence-corrected chi connectivity index (χ3v) is 4.84. The molecule has 10 nitrogen and oxygen atoms in total. The maximum atomic E-state index is 10.3. The van der Waals surface area contributed by atoms with Crippen LogP contribution in [-0.2, 0) is 4.74 Å². The molecule has 1 unspecified atom stereocenters. The Bertz CT molecular complexity index is 972. The van der Waals surface area contributed by atoms with E-state index in [1.807, 2.05) is 32.0 Å². The molecule has 0 spiro atoms. The molecule has 1 aromatic carbocycles. The Morgan fingerprint density at radius 3 is 2.61 bits per heavy atom. The van der Waals surface area contributed by atoms with Crippen molar-refractivity contribution in [2.24, 2.45) is 5.11 Å². The summed E-state index contributed by atoms with van der Waals surface area (Å²) in [6, 6.07) is 7.27. The van der Waals surface area contributed by atoms with E-state index in [1.165, 1.54) is 16.8 Å². The number of nitrogens with zero attached hydrogens (tertiary/aromatic N) is 5. The van der Waals surface area contributed by atoms with E-state index in [4.69, 9.17) is 27.2 Å². The van der Waals surface area contributed by atoms with Crippen molar-refractivity contribution in [1.29, 1.82) is 0 Å². The lowest BCUT2D eigenvalue weighted by atomic mass is 10.1. The van der Waals surface area contributed by atoms with Gasteiger partial charge in [0.05, 0.1) is 6.61 Å². The average molecular weight is 405 g/mol. The molecule has 1 saturated heterocycles. The molecule has 1 aliphatic rings. The number of aryl methyl sites for hydroxylation is 2. The van der Waals surface area contributed by atoms with Crippen LogP contribution in [0.1, 0.15) is 17.4 Å². The molecule has 0 radical (unpaired) electrons. The third kappa shape index (κ3) is 3.47. The van der Waals surface area contributed by atoms with Crippen LogP contribution in [0.2, 0.25) is 0 Å². The van der Waals surface area contributed by atoms with E-state index in [9.17, 15) is 15.3 Å². The Morgan fingerprint density at radius 2 is 2.04 bits per heavy atom. The monoisotopic (exact) mass is 405 g/mol. The zero-order valence-corrected chi connectivity index (χ0v) is 15.9. The molecule has 28 heavy (non-hydrogen) atoms. The topological polar surface area (TPSA) is 146 Å². The second-order valence-corrected chi connectivity index (χ2v) is 6.78. The summed E-state index contributed by atoms with van der Waals surface area (Å²) < 4.78 is 12.6. The van der Waals surface area contributed by atoms with Gasteiger partial charge >= 0.3 is 0 Å². The molecule has 2 aromatic rings. The molecule has 0 aliphatic carbocycles. The summed E-state index contributed by atoms with van der Waals surface area (Å²) in [6.45, 7) is 3.00. The molecule has 0 bridgehead atoms. The number of hydrogen-bond donors (Lipinski definition) is 3. The number of ether oxygens (including phenoxy) is 2. The SMILES string of the molecule is Cc1cccc(C)c1Oc1ccn([C@@H]2O[C@@](CO)(N=[N+]=[N-])C(O)[C@@H]2O)c(=S)n1. The number of aliphatic hydroxyl groups is 3. The van der Waals surface area contributed by atoms with Gasteiger partial charge in [0, 0.05) is 17.2 Å². The number of hydrogen-bond acceptors (Lipinski definition) is 8. The quantitative estimate of drug-likeness (QED) is 0.299. The molecule has 2 heterocycles. The smallest absolute Gasteiger partial charge is 0.223 e. The molecular formula is C17H19N5O5S. The number of aromatic nitrogens is 2. The van der Waals surface area contributed by atoms with Gasteiger partial charge in [0.1, 0.15) is 18.0 Å². The predicted octanol–water partition coefficient (Wildman–Crippen LogP) is 2.27. The number of aliphatic hydroxyl groups excluding tert-OH is 3. The van der Waals surface area contributed by atoms with Gasteiger partial charge in [0.15, 0.2) is 6.23 Å². The van der Waals surface area contributed by atoms with Crippen LogP contribution >= 0.6 is 12.2 Å². The van der Waals surface area contributed by atoms with E-state index in [0.717, 1.165) is 11.1 Å². The third-order valence-electron chi connectivity index (χ3n) is 4.54. The maximum absolute atomic E-state index is 10.3. The largest absolute Gasteiger partial charge is 0.438 e. The fourth-order valence-electron chi connectivity index (χ4n) is 3.03. The van der Waals surface area contributed by atoms with Crippen molar-refractivity contribution in [2.45, 2.75) is 38.0 Å². The van der Waals surface area contributed by atoms with E-state index in [1.54, 1.807) is 0 Å². The summed E-state index contributed by atoms with van der Waals surface area (Å²) in [7, 11) is 0. The summed E-state index contributed by atoms with van der Waals surface area (Å²) in [5.74, 6) is 0.910. The van der Waals surface area contributed by atoms with Crippen molar-refractivity contribution in [3.05, 3.63) is 56.8 Å². The Hall–Kier alpha value is -2.53. The van der Waals surface area contributed by atoms with Gasteiger partial charge in [-0.05, 0) is 42.7 Å². The molecule has 11 heteroatoms. The summed E-state index contributed by atoms with van der Waals surface area (Å²) in [5, 5.41) is 33.3. The molecule has 0 amide bonds. The molecule has 1 aromatic heterocycles. The summed E-state index contributed by atoms with van der Waals surface area (Å²) in [6.07, 6.45) is -2.88. The van der Waals surface area contributed by atoms with Gasteiger partial charge in [-0.3, -0.25) is 4.57 Å². The molecular weight excluding hydrogens is 386 g/mol. The van der Waals surface area contributed by atoms with Crippen LogP contribution < -0.4 is 4.74 Å². The summed E-state index contributed by atoms with van der Waals surface area (Å²) in [4.78, 5) is 6.76. The normalized spacial score (nSPS) is 26.7. The zero-order chi connectivity index (χ0) is 20.5. The minimum absolute atomic E-state index is 0.00895. The minimum Gasteiger partial charge on any atom is -0.438 e. The molecule has 1 fully saturated rings. The van der Waals surface area contributed by atoms with Crippen LogP contribution in [0.5, 0.6) is 11.6 Å². The lowest BCUT2D eigenvalue weighted by Crippen LogP contribution is -2.44. The molecule has 148 valence electrons. The van der Waals surface area contributed by atoms with Crippen LogP contribution in [0.3, 0.4) is 0 Å². The first-order valence-electron chi connectivity index (χ1n) is 8.37. The molecule has 0 saturated carbocycles.